The molecule has 122 heavy (non-hydrogen) atoms. The Labute approximate surface area is 780 Å². The van der Waals surface area contributed by atoms with E-state index in [1.54, 1.807) is 89.0 Å². The van der Waals surface area contributed by atoms with Crippen molar-refractivity contribution in [1.29, 1.82) is 10.5 Å². The smallest absolute Gasteiger partial charge is 0.471 e. The van der Waals surface area contributed by atoms with Gasteiger partial charge in [0.2, 0.25) is 0 Å². The Balaban J connectivity index is 0.000000258. The van der Waals surface area contributed by atoms with Gasteiger partial charge in [-0.3, -0.25) is 19.2 Å². The van der Waals surface area contributed by atoms with Gasteiger partial charge in [-0.1, -0.05) is 231 Å². The highest BCUT2D eigenvalue weighted by Gasteiger charge is 2.44. The summed E-state index contributed by atoms with van der Waals surface area (Å²) in [6, 6.07) is 65.0. The monoisotopic (exact) mass is 2140 g/mol. The van der Waals surface area contributed by atoms with Crippen LogP contribution in [0.15, 0.2) is 267 Å². The minimum atomic E-state index is -4.83. The number of Topliss-reactive ketones (excluding diaryl/α,β-unsaturated/α-hetero) is 1. The fourth-order valence-electron chi connectivity index (χ4n) is 11.2. The molecule has 0 radical (unpaired) electrons. The minimum Gasteiger partial charge on any atom is -0.496 e. The van der Waals surface area contributed by atoms with Gasteiger partial charge in [0, 0.05) is 96.4 Å². The lowest BCUT2D eigenvalue weighted by molar-refractivity contribution is -0.186. The molecule has 15 nitrogen and oxygen atoms in total. The van der Waals surface area contributed by atoms with Crippen LogP contribution >= 0.6 is 174 Å². The molecule has 2 amide bonds. The van der Waals surface area contributed by atoms with Gasteiger partial charge in [-0.2, -0.15) is 36.9 Å². The molecule has 10 aromatic carbocycles. The Morgan fingerprint density at radius 2 is 0.943 bits per heavy atom. The van der Waals surface area contributed by atoms with Crippen LogP contribution in [-0.2, 0) is 14.4 Å². The first-order chi connectivity index (χ1) is 57.1. The topological polar surface area (TPSA) is 206 Å². The number of carbonyl (C=O) groups is 4. The molecule has 2 fully saturated rings. The van der Waals surface area contributed by atoms with Crippen LogP contribution in [0.1, 0.15) is 73.1 Å². The summed E-state index contributed by atoms with van der Waals surface area (Å²) in [7, 11) is 8.12. The fourth-order valence-corrected chi connectivity index (χ4v) is 18.4. The molecule has 3 aliphatic rings. The van der Waals surface area contributed by atoms with Gasteiger partial charge in [-0.15, -0.1) is 24.0 Å². The standard InChI is InChI=1S/C21H17BrF3NO2S.C14H10BrNOS.C14H11BrO3S.C14H9BrO2S.C7H3BrFN.C7H8F3NO2.C7H8OS.CHCl3.2CH4/c1-28-16-4-2-3-15-18(14-6-5-13(22)11-17(14)29-19(15)16)12-7-9-26(10-8-12)20(27)21(23,24)25;1-17-12-4-2-3-5-13(12)18-14-8-11(15)7-6-10(14)9-16;1-18-11-4-2-3-5-12(11)19-13-8-9(15)6-7-10(13)14(16)17;1-17-11-4-2-3-10-13(16)9-6-5-8(15)7-12(9)18-14(10)11;8-6-2-1-5(4-10)7(9)3-6;8-7(9,10)6(13)11-3-1-5(12)2-4-11;1-8-6-4-2-3-5-7(6)9;2-1(3)4;;/h2-6,11H,7-10H2,1H3;2-8H,1H3;2-8H,1H3,(H,16,17);2-7H,1H3;1-3H;1-4H2;2-5,9H,1H3;1H;2*1H4. The molecule has 0 aliphatic carbocycles. The lowest BCUT2D eigenvalue weighted by Gasteiger charge is -2.32. The maximum Gasteiger partial charge on any atom is 0.471 e. The van der Waals surface area contributed by atoms with E-state index in [0.29, 0.717) is 38.1 Å². The summed E-state index contributed by atoms with van der Waals surface area (Å²) in [6.07, 6.45) is -8.77. The zero-order valence-electron chi connectivity index (χ0n) is 63.4. The molecule has 1 aromatic heterocycles. The number of para-hydroxylation sites is 3. The van der Waals surface area contributed by atoms with E-state index in [2.05, 4.69) is 98.3 Å². The van der Waals surface area contributed by atoms with Gasteiger partial charge in [-0.25, -0.2) is 9.18 Å². The van der Waals surface area contributed by atoms with Gasteiger partial charge in [0.05, 0.1) is 71.6 Å². The number of rotatable bonds is 10. The first kappa shape index (κ1) is 105. The largest absolute Gasteiger partial charge is 0.496 e. The predicted molar refractivity (Wildman–Crippen MR) is 494 cm³/mol. The third-order valence-corrected chi connectivity index (χ3v) is 24.2. The third kappa shape index (κ3) is 30.7. The van der Waals surface area contributed by atoms with E-state index in [0.717, 1.165) is 118 Å². The van der Waals surface area contributed by atoms with Crippen molar-refractivity contribution in [2.45, 2.75) is 91.5 Å². The summed E-state index contributed by atoms with van der Waals surface area (Å²) < 4.78 is 118. The number of ketones is 1. The lowest BCUT2D eigenvalue weighted by atomic mass is 9.88. The highest BCUT2D eigenvalue weighted by Crippen LogP contribution is 2.52. The summed E-state index contributed by atoms with van der Waals surface area (Å²) in [5.74, 6) is -1.26. The Morgan fingerprint density at radius 1 is 0.508 bits per heavy atom. The normalized spacial score (nSPS) is 12.3. The molecule has 2 saturated heterocycles. The van der Waals surface area contributed by atoms with Gasteiger partial charge >= 0.3 is 30.1 Å². The number of fused-ring (bicyclic) bond motifs is 4. The van der Waals surface area contributed by atoms with Crippen LogP contribution in [-0.4, -0.2) is 117 Å². The van der Waals surface area contributed by atoms with Gasteiger partial charge in [-0.05, 0) is 169 Å². The first-order valence-electron chi connectivity index (χ1n) is 34.8. The van der Waals surface area contributed by atoms with Crippen molar-refractivity contribution in [2.24, 2.45) is 0 Å². The molecular weight excluding hydrogens is 2080 g/mol. The first-order valence-corrected chi connectivity index (χ1v) is 43.8. The summed E-state index contributed by atoms with van der Waals surface area (Å²) >= 11 is 41.5. The highest BCUT2D eigenvalue weighted by atomic mass is 79.9. The fraction of sp³-hybridized carbons (Fsp3) is 0.207. The number of amides is 2. The number of ether oxygens (including phenoxy) is 5. The van der Waals surface area contributed by atoms with Crippen molar-refractivity contribution in [1.82, 2.24) is 9.80 Å². The molecule has 0 atom stereocenters. The van der Waals surface area contributed by atoms with Gasteiger partial charge in [0.15, 0.2) is 9.72 Å². The van der Waals surface area contributed by atoms with Crippen LogP contribution in [0, 0.1) is 28.5 Å². The average molecular weight is 2150 g/mol. The number of aromatic carboxylic acids is 1. The van der Waals surface area contributed by atoms with E-state index < -0.39 is 40.2 Å². The number of hydrogen-bond acceptors (Lipinski definition) is 17. The van der Waals surface area contributed by atoms with Crippen molar-refractivity contribution in [3.63, 3.8) is 0 Å². The van der Waals surface area contributed by atoms with Crippen molar-refractivity contribution in [2.75, 3.05) is 61.7 Å². The van der Waals surface area contributed by atoms with E-state index in [-0.39, 0.29) is 76.2 Å². The van der Waals surface area contributed by atoms with Crippen molar-refractivity contribution in [3.05, 3.63) is 272 Å². The Hall–Kier alpha value is -7.93. The number of methoxy groups -OCH3 is 5. The Morgan fingerprint density at radius 3 is 1.45 bits per heavy atom. The van der Waals surface area contributed by atoms with Crippen LogP contribution in [0.25, 0.3) is 25.7 Å². The molecule has 14 rings (SSSR count). The number of piperidine rings is 2. The van der Waals surface area contributed by atoms with Crippen LogP contribution in [0.3, 0.4) is 0 Å². The predicted octanol–water partition coefficient (Wildman–Crippen LogP) is 27.3. The van der Waals surface area contributed by atoms with Gasteiger partial charge < -0.3 is 38.6 Å². The number of hydrogen-bond donors (Lipinski definition) is 2. The number of alkyl halides is 9. The van der Waals surface area contributed by atoms with Gasteiger partial charge in [0.25, 0.3) is 0 Å². The van der Waals surface area contributed by atoms with E-state index >= 15 is 0 Å². The quantitative estimate of drug-likeness (QED) is 0.0565. The summed E-state index contributed by atoms with van der Waals surface area (Å²) in [5.41, 5.74) is 5.26. The second-order valence-corrected chi connectivity index (χ2v) is 35.8. The van der Waals surface area contributed by atoms with Crippen molar-refractivity contribution >= 4 is 223 Å². The lowest BCUT2D eigenvalue weighted by Crippen LogP contribution is -2.45. The maximum atomic E-state index is 12.8. The summed E-state index contributed by atoms with van der Waals surface area (Å²) in [4.78, 5) is 64.4. The number of carboxylic acids is 1. The molecule has 11 aromatic rings. The molecule has 4 heterocycles. The number of carboxylic acid groups (broad SMARTS) is 1. The molecule has 3 aliphatic heterocycles. The molecule has 0 spiro atoms. The molecule has 1 N–H and O–H groups in total. The SMILES string of the molecule is C.C.COc1cccc2c(=O)c3ccc(Br)cc3sc12.COc1cccc2c1Sc1cc(Br)ccc1C2=C1CCN(C(=O)C(F)(F)F)CC1.COc1ccccc1S.COc1ccccc1Sc1cc(Br)ccc1C#N.COc1ccccc1Sc1cc(Br)ccc1C(=O)O.ClC(Cl)Cl.N#Cc1ccc(Br)cc1F.O=C1CCN(C(=O)C(F)(F)F)CC1. The number of nitriles is 2. The highest BCUT2D eigenvalue weighted by molar-refractivity contribution is 9.11. The number of benzene rings is 10. The van der Waals surface area contributed by atoms with Crippen LogP contribution in [0.5, 0.6) is 28.7 Å². The molecule has 0 saturated carbocycles. The molecule has 0 unspecified atom stereocenters. The number of likely N-dealkylation sites (tertiary alicyclic amines) is 2. The Kier molecular flexibility index (Phi) is 43.6. The van der Waals surface area contributed by atoms with E-state index in [4.69, 9.17) is 69.0 Å². The van der Waals surface area contributed by atoms with Crippen LogP contribution in [0.2, 0.25) is 0 Å². The Bertz CT molecular complexity index is 5650. The minimum absolute atomic E-state index is 0. The van der Waals surface area contributed by atoms with E-state index in [9.17, 15) is 59.8 Å². The third-order valence-electron chi connectivity index (χ3n) is 16.8. The molecular formula is C87H75Br5Cl3F7N4O11S5. The molecule has 0 bridgehead atoms. The number of halogens is 15. The number of nitrogens with zero attached hydrogens (tertiary/aromatic N) is 4. The number of carbonyl (C=O) groups excluding carboxylic acids is 3. The second-order valence-electron chi connectivity index (χ2n) is 24.4. The zero-order chi connectivity index (χ0) is 88.1. The molecule has 35 heteroatoms. The zero-order valence-corrected chi connectivity index (χ0v) is 77.7. The summed E-state index contributed by atoms with van der Waals surface area (Å²) in [6.45, 7) is -0.0979. The van der Waals surface area contributed by atoms with Crippen molar-refractivity contribution in [3.8, 4) is 40.9 Å². The van der Waals surface area contributed by atoms with Crippen LogP contribution in [0.4, 0.5) is 30.7 Å². The van der Waals surface area contributed by atoms with Gasteiger partial charge in [0.1, 0.15) is 52.5 Å². The second kappa shape index (κ2) is 50.9. The van der Waals surface area contributed by atoms with E-state index in [1.807, 2.05) is 164 Å². The van der Waals surface area contributed by atoms with Crippen LogP contribution < -0.4 is 29.1 Å². The van der Waals surface area contributed by atoms with Crippen molar-refractivity contribution < 1.29 is 78.7 Å². The maximum absolute atomic E-state index is 12.8. The summed E-state index contributed by atoms with van der Waals surface area (Å²) in [5, 5.41) is 28.1. The van der Waals surface area contributed by atoms with E-state index in [1.165, 1.54) is 35.7 Å². The average Bonchev–Trinajstić information content (AvgIpc) is 0.754. The molecule has 644 valence electrons. The number of thiol groups is 1.